The van der Waals surface area contributed by atoms with E-state index in [0.717, 1.165) is 90.7 Å². The van der Waals surface area contributed by atoms with Gasteiger partial charge in [-0.25, -0.2) is 29.9 Å². The van der Waals surface area contributed by atoms with Crippen molar-refractivity contribution in [2.45, 2.75) is 19.8 Å². The number of allylic oxidation sites excluding steroid dienone is 5. The van der Waals surface area contributed by atoms with E-state index in [4.69, 9.17) is 29.9 Å². The van der Waals surface area contributed by atoms with Crippen LogP contribution in [0.2, 0.25) is 0 Å². The molecule has 1 aliphatic rings. The van der Waals surface area contributed by atoms with Crippen LogP contribution >= 0.6 is 0 Å². The summed E-state index contributed by atoms with van der Waals surface area (Å²) in [7, 11) is 0. The zero-order valence-corrected chi connectivity index (χ0v) is 41.2. The number of para-hydroxylation sites is 4. The standard InChI is InChI=1S/C67H48N8/c1-3-23-58-52(4-2)56-39-21-37-53(60(56)74(58)50-32-13-7-14-33-50)46-28-19-30-48(42-46)64-68-62(44-24-9-5-10-25-44)70-66(72-64)67-71-63(45-26-11-6-12-27-45)69-65(73-67)49-31-20-29-47(43-49)54-38-22-40-57-55-36-17-18-41-59(55)75(61(54)57)51-34-15-8-16-35-51/h3-7,9-15,17-43H,2,8,16H2,1H3/b23-3-. The first-order valence-electron chi connectivity index (χ1n) is 25.3. The smallest absolute Gasteiger partial charge is 0.202 e. The molecule has 1 aliphatic carbocycles. The molecule has 75 heavy (non-hydrogen) atoms. The molecular weight excluding hydrogens is 917 g/mol. The number of rotatable bonds is 11. The average molecular weight is 965 g/mol. The summed E-state index contributed by atoms with van der Waals surface area (Å²) < 4.78 is 4.74. The summed E-state index contributed by atoms with van der Waals surface area (Å²) in [6.07, 6.45) is 15.1. The van der Waals surface area contributed by atoms with E-state index in [-0.39, 0.29) is 0 Å². The number of benzene rings is 8. The van der Waals surface area contributed by atoms with Crippen LogP contribution < -0.4 is 0 Å². The third kappa shape index (κ3) is 8.15. The van der Waals surface area contributed by atoms with Gasteiger partial charge in [0, 0.05) is 66.5 Å². The summed E-state index contributed by atoms with van der Waals surface area (Å²) in [6.45, 7) is 6.31. The molecular formula is C67H48N8. The topological polar surface area (TPSA) is 87.2 Å². The maximum atomic E-state index is 5.25. The van der Waals surface area contributed by atoms with Crippen LogP contribution in [-0.2, 0) is 0 Å². The molecule has 0 radical (unpaired) electrons. The van der Waals surface area contributed by atoms with Crippen molar-refractivity contribution in [2.75, 3.05) is 0 Å². The number of fused-ring (bicyclic) bond motifs is 4. The van der Waals surface area contributed by atoms with Crippen molar-refractivity contribution >= 4 is 50.6 Å². The Morgan fingerprint density at radius 1 is 0.427 bits per heavy atom. The minimum Gasteiger partial charge on any atom is -0.309 e. The normalized spacial score (nSPS) is 12.5. The molecule has 13 rings (SSSR count). The molecule has 0 unspecified atom stereocenters. The van der Waals surface area contributed by atoms with Gasteiger partial charge < -0.3 is 9.13 Å². The van der Waals surface area contributed by atoms with E-state index in [2.05, 4.69) is 180 Å². The number of hydrogen-bond acceptors (Lipinski definition) is 6. The van der Waals surface area contributed by atoms with E-state index in [0.29, 0.717) is 34.9 Å². The fourth-order valence-electron chi connectivity index (χ4n) is 10.6. The number of nitrogens with zero attached hydrogens (tertiary/aromatic N) is 8. The lowest BCUT2D eigenvalue weighted by molar-refractivity contribution is 1.00. The highest BCUT2D eigenvalue weighted by Gasteiger charge is 2.23. The van der Waals surface area contributed by atoms with E-state index < -0.39 is 0 Å². The third-order valence-electron chi connectivity index (χ3n) is 13.9. The summed E-state index contributed by atoms with van der Waals surface area (Å²) in [5, 5.41) is 3.53. The molecule has 8 nitrogen and oxygen atoms in total. The van der Waals surface area contributed by atoms with Crippen LogP contribution in [0.25, 0.3) is 136 Å². The Kier molecular flexibility index (Phi) is 11.5. The lowest BCUT2D eigenvalue weighted by atomic mass is 9.99. The van der Waals surface area contributed by atoms with Crippen LogP contribution in [0.3, 0.4) is 0 Å². The first-order chi connectivity index (χ1) is 37.1. The minimum absolute atomic E-state index is 0.330. The van der Waals surface area contributed by atoms with Gasteiger partial charge in [0.25, 0.3) is 0 Å². The fourth-order valence-corrected chi connectivity index (χ4v) is 10.6. The zero-order chi connectivity index (χ0) is 50.2. The molecule has 4 heterocycles. The van der Waals surface area contributed by atoms with Gasteiger partial charge in [0.15, 0.2) is 23.3 Å². The molecule has 8 heteroatoms. The second-order valence-electron chi connectivity index (χ2n) is 18.5. The molecule has 0 bridgehead atoms. The van der Waals surface area contributed by atoms with Gasteiger partial charge in [-0.15, -0.1) is 0 Å². The lowest BCUT2D eigenvalue weighted by Crippen LogP contribution is -2.05. The van der Waals surface area contributed by atoms with Crippen LogP contribution in [0.1, 0.15) is 31.0 Å². The first-order valence-corrected chi connectivity index (χ1v) is 25.3. The van der Waals surface area contributed by atoms with E-state index >= 15 is 0 Å². The largest absolute Gasteiger partial charge is 0.309 e. The first kappa shape index (κ1) is 45.0. The maximum absolute atomic E-state index is 5.25. The second-order valence-corrected chi connectivity index (χ2v) is 18.5. The summed E-state index contributed by atoms with van der Waals surface area (Å²) in [5.41, 5.74) is 15.4. The van der Waals surface area contributed by atoms with Crippen LogP contribution in [-0.4, -0.2) is 39.0 Å². The van der Waals surface area contributed by atoms with Crippen LogP contribution in [0.15, 0.2) is 231 Å². The summed E-state index contributed by atoms with van der Waals surface area (Å²) in [6, 6.07) is 69.2. The van der Waals surface area contributed by atoms with Gasteiger partial charge in [0.05, 0.1) is 22.2 Å². The highest BCUT2D eigenvalue weighted by molar-refractivity contribution is 6.15. The number of hydrogen-bond donors (Lipinski definition) is 0. The average Bonchev–Trinajstić information content (AvgIpc) is 4.01. The Morgan fingerprint density at radius 2 is 0.893 bits per heavy atom. The van der Waals surface area contributed by atoms with Crippen molar-refractivity contribution in [1.29, 1.82) is 0 Å². The predicted molar refractivity (Wildman–Crippen MR) is 309 cm³/mol. The van der Waals surface area contributed by atoms with Crippen molar-refractivity contribution in [3.63, 3.8) is 0 Å². The fraction of sp³-hybridized carbons (Fsp3) is 0.0448. The van der Waals surface area contributed by atoms with Gasteiger partial charge in [0.2, 0.25) is 11.6 Å². The molecule has 12 aromatic rings. The molecule has 0 amide bonds. The van der Waals surface area contributed by atoms with Gasteiger partial charge in [-0.1, -0.05) is 201 Å². The van der Waals surface area contributed by atoms with Crippen LogP contribution in [0.4, 0.5) is 0 Å². The molecule has 0 atom stereocenters. The number of aromatic nitrogens is 8. The maximum Gasteiger partial charge on any atom is 0.202 e. The molecule has 0 spiro atoms. The Morgan fingerprint density at radius 3 is 1.45 bits per heavy atom. The van der Waals surface area contributed by atoms with Crippen LogP contribution in [0, 0.1) is 0 Å². The Balaban J connectivity index is 0.978. The molecule has 0 N–H and O–H groups in total. The monoisotopic (exact) mass is 964 g/mol. The minimum atomic E-state index is 0.330. The van der Waals surface area contributed by atoms with E-state index in [1.54, 1.807) is 0 Å². The third-order valence-corrected chi connectivity index (χ3v) is 13.9. The van der Waals surface area contributed by atoms with Gasteiger partial charge in [0.1, 0.15) is 0 Å². The molecule has 356 valence electrons. The van der Waals surface area contributed by atoms with Crippen molar-refractivity contribution in [3.05, 3.63) is 242 Å². The Bertz CT molecular complexity index is 4260. The van der Waals surface area contributed by atoms with Crippen LogP contribution in [0.5, 0.6) is 0 Å². The molecule has 0 aliphatic heterocycles. The summed E-state index contributed by atoms with van der Waals surface area (Å²) in [4.78, 5) is 31.1. The molecule has 0 saturated carbocycles. The molecule has 4 aromatic heterocycles. The highest BCUT2D eigenvalue weighted by Crippen LogP contribution is 2.41. The van der Waals surface area contributed by atoms with Gasteiger partial charge in [-0.2, -0.15) is 0 Å². The highest BCUT2D eigenvalue weighted by atomic mass is 15.1. The zero-order valence-electron chi connectivity index (χ0n) is 41.2. The molecule has 0 fully saturated rings. The van der Waals surface area contributed by atoms with Crippen molar-refractivity contribution in [2.24, 2.45) is 0 Å². The van der Waals surface area contributed by atoms with E-state index in [1.165, 1.54) is 22.0 Å². The van der Waals surface area contributed by atoms with Crippen molar-refractivity contribution in [1.82, 2.24) is 39.0 Å². The Labute approximate surface area is 434 Å². The van der Waals surface area contributed by atoms with E-state index in [9.17, 15) is 0 Å². The van der Waals surface area contributed by atoms with E-state index in [1.807, 2.05) is 79.7 Å². The van der Waals surface area contributed by atoms with Gasteiger partial charge in [-0.05, 0) is 73.4 Å². The molecule has 0 saturated heterocycles. The second kappa shape index (κ2) is 19.3. The van der Waals surface area contributed by atoms with Gasteiger partial charge >= 0.3 is 0 Å². The van der Waals surface area contributed by atoms with Crippen molar-refractivity contribution in [3.8, 4) is 85.1 Å². The van der Waals surface area contributed by atoms with Gasteiger partial charge in [-0.3, -0.25) is 0 Å². The lowest BCUT2D eigenvalue weighted by Gasteiger charge is -2.15. The summed E-state index contributed by atoms with van der Waals surface area (Å²) >= 11 is 0. The predicted octanol–water partition coefficient (Wildman–Crippen LogP) is 16.6. The Hall–Kier alpha value is -9.92. The SMILES string of the molecule is C=Cc1c(/C=C\C)n(-c2ccccc2)c2c(-c3cccc(-c4nc(-c5ccccc5)nc(-c5nc(-c6ccccc6)nc(-c6cccc(-c7cccc8c9ccccc9n(C9=CCCC=C9)c78)c6)n5)n4)c3)cccc12. The van der Waals surface area contributed by atoms with Crippen molar-refractivity contribution < 1.29 is 0 Å². The molecule has 8 aromatic carbocycles. The quantitative estimate of drug-likeness (QED) is 0.128. The summed E-state index contributed by atoms with van der Waals surface area (Å²) in [5.74, 6) is 2.67.